The van der Waals surface area contributed by atoms with Crippen molar-refractivity contribution in [2.75, 3.05) is 17.3 Å². The minimum atomic E-state index is -0.0253. The van der Waals surface area contributed by atoms with E-state index >= 15 is 0 Å². The van der Waals surface area contributed by atoms with Crippen LogP contribution in [0.2, 0.25) is 0 Å². The number of amides is 1. The number of halogens is 1. The molecule has 2 rings (SSSR count). The molecule has 0 heterocycles. The van der Waals surface area contributed by atoms with Crippen LogP contribution in [0, 0.1) is 0 Å². The Labute approximate surface area is 150 Å². The van der Waals surface area contributed by atoms with Gasteiger partial charge in [-0.15, -0.1) is 0 Å². The molecule has 2 aromatic rings. The van der Waals surface area contributed by atoms with E-state index in [2.05, 4.69) is 15.9 Å². The van der Waals surface area contributed by atoms with Gasteiger partial charge in [0, 0.05) is 17.3 Å². The van der Waals surface area contributed by atoms with Crippen molar-refractivity contribution in [2.24, 2.45) is 0 Å². The Morgan fingerprint density at radius 3 is 2.61 bits per heavy atom. The third-order valence-corrected chi connectivity index (χ3v) is 4.20. The van der Waals surface area contributed by atoms with Gasteiger partial charge in [0.05, 0.1) is 19.0 Å². The van der Waals surface area contributed by atoms with Crippen molar-refractivity contribution >= 4 is 46.9 Å². The molecule has 0 saturated heterocycles. The van der Waals surface area contributed by atoms with Gasteiger partial charge in [-0.3, -0.25) is 4.79 Å². The summed E-state index contributed by atoms with van der Waals surface area (Å²) >= 11 is 8.02. The summed E-state index contributed by atoms with van der Waals surface area (Å²) in [4.78, 5) is 14.0. The summed E-state index contributed by atoms with van der Waals surface area (Å²) in [6.07, 6.45) is 0. The first-order chi connectivity index (χ1) is 11.2. The number of alkyl halides is 1. The molecule has 0 radical (unpaired) electrons. The van der Waals surface area contributed by atoms with Gasteiger partial charge in [0.1, 0.15) is 11.5 Å². The van der Waals surface area contributed by atoms with Crippen molar-refractivity contribution in [3.8, 4) is 11.5 Å². The average molecular weight is 412 g/mol. The van der Waals surface area contributed by atoms with E-state index in [1.165, 1.54) is 0 Å². The first kappa shape index (κ1) is 17.9. The number of carbonyl (C=O) groups excluding carboxylic acids is 1. The molecule has 7 heteroatoms. The Kier molecular flexibility index (Phi) is 6.96. The van der Waals surface area contributed by atoms with Gasteiger partial charge in [-0.2, -0.15) is 0 Å². The Hall–Kier alpha value is -1.49. The van der Waals surface area contributed by atoms with Gasteiger partial charge < -0.3 is 14.2 Å². The summed E-state index contributed by atoms with van der Waals surface area (Å²) in [5, 5.41) is 0.250. The fraction of sp³-hybridized carbons (Fsp3) is 0.188. The van der Waals surface area contributed by atoms with Crippen LogP contribution >= 0.6 is 23.5 Å². The largest absolute Gasteiger partial charge is 0.496 e. The maximum Gasteiger partial charge on any atom is 0.237 e. The van der Waals surface area contributed by atoms with Crippen LogP contribution in [0.15, 0.2) is 48.5 Å². The predicted molar refractivity (Wildman–Crippen MR) is 99.3 cm³/mol. The number of carbonyl (C=O) groups is 1. The second-order valence-corrected chi connectivity index (χ2v) is 5.93. The molecule has 4 nitrogen and oxygen atoms in total. The number of hydrogen-bond acceptors (Lipinski definition) is 4. The van der Waals surface area contributed by atoms with Crippen LogP contribution in [0.4, 0.5) is 5.69 Å². The highest BCUT2D eigenvalue weighted by atomic mass is 79.9. The molecule has 0 N–H and O–H groups in total. The topological polar surface area (TPSA) is 38.8 Å². The van der Waals surface area contributed by atoms with Crippen molar-refractivity contribution in [1.82, 2.24) is 0 Å². The Balaban J connectivity index is 2.32. The summed E-state index contributed by atoms with van der Waals surface area (Å²) in [6.45, 7) is 0.406. The second-order valence-electron chi connectivity index (χ2n) is 4.59. The van der Waals surface area contributed by atoms with Gasteiger partial charge >= 0.3 is 0 Å². The molecule has 1 amide bonds. The molecule has 0 bridgehead atoms. The smallest absolute Gasteiger partial charge is 0.237 e. The minimum absolute atomic E-state index is 0.0253. The fourth-order valence-electron chi connectivity index (χ4n) is 2.13. The van der Waals surface area contributed by atoms with Crippen molar-refractivity contribution in [3.05, 3.63) is 54.1 Å². The van der Waals surface area contributed by atoms with E-state index < -0.39 is 0 Å². The normalized spacial score (nSPS) is 10.3. The molecule has 0 aliphatic carbocycles. The van der Waals surface area contributed by atoms with E-state index in [-0.39, 0.29) is 11.2 Å². The van der Waals surface area contributed by atoms with Crippen molar-refractivity contribution in [1.29, 1.82) is 0 Å². The van der Waals surface area contributed by atoms with Crippen molar-refractivity contribution in [2.45, 2.75) is 6.54 Å². The molecular formula is C16H15BrNO3PS. The van der Waals surface area contributed by atoms with Crippen LogP contribution in [0.1, 0.15) is 5.56 Å². The molecular weight excluding hydrogens is 397 g/mol. The molecule has 2 aromatic carbocycles. The summed E-state index contributed by atoms with van der Waals surface area (Å²) in [5.41, 5.74) is 1.72. The molecule has 0 spiro atoms. The Morgan fingerprint density at radius 2 is 2.00 bits per heavy atom. The number of benzene rings is 2. The van der Waals surface area contributed by atoms with Crippen molar-refractivity contribution in [3.63, 3.8) is 0 Å². The Morgan fingerprint density at radius 1 is 1.26 bits per heavy atom. The first-order valence-corrected chi connectivity index (χ1v) is 9.72. The van der Waals surface area contributed by atoms with Crippen LogP contribution < -0.4 is 14.2 Å². The maximum atomic E-state index is 12.3. The van der Waals surface area contributed by atoms with Crippen LogP contribution in [-0.2, 0) is 23.1 Å². The lowest BCUT2D eigenvalue weighted by atomic mass is 10.1. The molecule has 120 valence electrons. The second kappa shape index (κ2) is 8.96. The zero-order valence-corrected chi connectivity index (χ0v) is 15.7. The standard InChI is InChI=1S/C16H15BrNO3PS/c1-20-15-9-14(21-22-23)8-7-12(15)11-18(16(19)10-17)13-5-3-2-4-6-13/h2-9H,10-11H2,1H3. The number of methoxy groups -OCH3 is 1. The molecule has 0 aliphatic rings. The third-order valence-electron chi connectivity index (χ3n) is 3.21. The van der Waals surface area contributed by atoms with Crippen LogP contribution in [0.5, 0.6) is 11.5 Å². The van der Waals surface area contributed by atoms with Gasteiger partial charge in [-0.1, -0.05) is 34.1 Å². The number of anilines is 1. The molecule has 0 aliphatic heterocycles. The molecule has 0 atom stereocenters. The molecule has 0 unspecified atom stereocenters. The number of hydrogen-bond donors (Lipinski definition) is 0. The van der Waals surface area contributed by atoms with Gasteiger partial charge in [-0.25, -0.2) is 0 Å². The first-order valence-electron chi connectivity index (χ1n) is 6.77. The zero-order chi connectivity index (χ0) is 16.7. The highest BCUT2D eigenvalue weighted by Crippen LogP contribution is 2.29. The van der Waals surface area contributed by atoms with Crippen LogP contribution in [0.25, 0.3) is 0 Å². The maximum absolute atomic E-state index is 12.3. The summed E-state index contributed by atoms with van der Waals surface area (Å²) in [6, 6.07) is 15.0. The van der Waals surface area contributed by atoms with E-state index in [9.17, 15) is 4.79 Å². The van der Waals surface area contributed by atoms with E-state index in [1.807, 2.05) is 42.5 Å². The van der Waals surface area contributed by atoms with E-state index in [1.54, 1.807) is 18.1 Å². The zero-order valence-electron chi connectivity index (χ0n) is 12.4. The van der Waals surface area contributed by atoms with E-state index in [0.29, 0.717) is 25.6 Å². The lowest BCUT2D eigenvalue weighted by molar-refractivity contribution is -0.116. The van der Waals surface area contributed by atoms with Crippen molar-refractivity contribution < 1.29 is 14.1 Å². The Bertz CT molecular complexity index is 684. The van der Waals surface area contributed by atoms with E-state index in [0.717, 1.165) is 11.3 Å². The number of rotatable bonds is 7. The molecule has 0 fully saturated rings. The van der Waals surface area contributed by atoms with Gasteiger partial charge in [-0.05, 0) is 36.1 Å². The average Bonchev–Trinajstić information content (AvgIpc) is 2.60. The summed E-state index contributed by atoms with van der Waals surface area (Å²) in [7, 11) is 2.00. The number of para-hydroxylation sites is 1. The monoisotopic (exact) mass is 411 g/mol. The van der Waals surface area contributed by atoms with Gasteiger partial charge in [0.2, 0.25) is 13.5 Å². The quantitative estimate of drug-likeness (QED) is 0.502. The number of nitrogens with zero attached hydrogens (tertiary/aromatic N) is 1. The molecule has 23 heavy (non-hydrogen) atoms. The SMILES string of the molecule is COc1cc(OP=S)ccc1CN(C(=O)CBr)c1ccccc1. The molecule has 0 aromatic heterocycles. The highest BCUT2D eigenvalue weighted by Gasteiger charge is 2.17. The van der Waals surface area contributed by atoms with Crippen LogP contribution in [0.3, 0.4) is 0 Å². The summed E-state index contributed by atoms with van der Waals surface area (Å²) in [5.74, 6) is 1.27. The van der Waals surface area contributed by atoms with E-state index in [4.69, 9.17) is 21.1 Å². The fourth-order valence-corrected chi connectivity index (χ4v) is 2.89. The minimum Gasteiger partial charge on any atom is -0.496 e. The lowest BCUT2D eigenvalue weighted by Crippen LogP contribution is -2.31. The van der Waals surface area contributed by atoms with Gasteiger partial charge in [0.15, 0.2) is 0 Å². The molecule has 0 saturated carbocycles. The van der Waals surface area contributed by atoms with Crippen LogP contribution in [-0.4, -0.2) is 18.3 Å². The lowest BCUT2D eigenvalue weighted by Gasteiger charge is -2.23. The third kappa shape index (κ3) is 4.74. The predicted octanol–water partition coefficient (Wildman–Crippen LogP) is 4.33. The highest BCUT2D eigenvalue weighted by molar-refractivity contribution is 9.09. The van der Waals surface area contributed by atoms with Gasteiger partial charge in [0.25, 0.3) is 0 Å². The summed E-state index contributed by atoms with van der Waals surface area (Å²) < 4.78 is 10.7. The number of ether oxygens (including phenoxy) is 1.